The molecule has 1 rings (SSSR count). The van der Waals surface area contributed by atoms with Crippen LogP contribution in [0.15, 0.2) is 11.6 Å². The van der Waals surface area contributed by atoms with E-state index < -0.39 is 23.0 Å². The van der Waals surface area contributed by atoms with Crippen LogP contribution in [-0.2, 0) is 19.1 Å². The van der Waals surface area contributed by atoms with Crippen molar-refractivity contribution in [2.75, 3.05) is 7.11 Å². The zero-order chi connectivity index (χ0) is 11.6. The summed E-state index contributed by atoms with van der Waals surface area (Å²) in [6.45, 7) is 3.21. The minimum Gasteiger partial charge on any atom is -0.466 e. The summed E-state index contributed by atoms with van der Waals surface area (Å²) in [6.07, 6.45) is 2.56. The molecular weight excluding hydrogens is 196 g/mol. The van der Waals surface area contributed by atoms with Gasteiger partial charge in [0.1, 0.15) is 0 Å². The van der Waals surface area contributed by atoms with Crippen molar-refractivity contribution in [1.29, 1.82) is 0 Å². The highest BCUT2D eigenvalue weighted by atomic mass is 16.5. The molecule has 0 radical (unpaired) electrons. The second kappa shape index (κ2) is 3.96. The number of methoxy groups -OCH3 is 1. The lowest BCUT2D eigenvalue weighted by atomic mass is 9.99. The van der Waals surface area contributed by atoms with Crippen molar-refractivity contribution in [3.63, 3.8) is 0 Å². The minimum atomic E-state index is -0.613. The Bertz CT molecular complexity index is 348. The molecule has 0 heterocycles. The molecule has 0 saturated heterocycles. The molecule has 1 saturated carbocycles. The average molecular weight is 210 g/mol. The largest absolute Gasteiger partial charge is 0.466 e. The maximum atomic E-state index is 11.5. The summed E-state index contributed by atoms with van der Waals surface area (Å²) in [4.78, 5) is 33.9. The highest BCUT2D eigenvalue weighted by Gasteiger charge is 2.47. The zero-order valence-corrected chi connectivity index (χ0v) is 9.12. The molecule has 0 spiro atoms. The van der Waals surface area contributed by atoms with E-state index in [1.165, 1.54) is 14.0 Å². The molecule has 0 bridgehead atoms. The molecule has 0 N–H and O–H groups in total. The van der Waals surface area contributed by atoms with Crippen LogP contribution in [0.4, 0.5) is 0 Å². The Morgan fingerprint density at radius 1 is 1.27 bits per heavy atom. The van der Waals surface area contributed by atoms with E-state index in [2.05, 4.69) is 4.74 Å². The average Bonchev–Trinajstić information content (AvgIpc) is 2.95. The number of esters is 1. The lowest BCUT2D eigenvalue weighted by Crippen LogP contribution is -2.21. The van der Waals surface area contributed by atoms with Gasteiger partial charge >= 0.3 is 5.97 Å². The molecule has 15 heavy (non-hydrogen) atoms. The fourth-order valence-corrected chi connectivity index (χ4v) is 1.19. The van der Waals surface area contributed by atoms with Crippen molar-refractivity contribution in [2.24, 2.45) is 5.41 Å². The Labute approximate surface area is 88.3 Å². The van der Waals surface area contributed by atoms with Crippen LogP contribution in [0.3, 0.4) is 0 Å². The first-order chi connectivity index (χ1) is 6.90. The van der Waals surface area contributed by atoms with Gasteiger partial charge in [-0.1, -0.05) is 6.92 Å². The maximum Gasteiger partial charge on any atom is 0.333 e. The van der Waals surface area contributed by atoms with Crippen molar-refractivity contribution >= 4 is 17.5 Å². The number of carbonyl (C=O) groups excluding carboxylic acids is 3. The predicted molar refractivity (Wildman–Crippen MR) is 53.1 cm³/mol. The van der Waals surface area contributed by atoms with E-state index in [0.29, 0.717) is 0 Å². The number of hydrogen-bond acceptors (Lipinski definition) is 4. The van der Waals surface area contributed by atoms with E-state index in [1.807, 2.05) is 0 Å². The Hall–Kier alpha value is -1.45. The second-order valence-corrected chi connectivity index (χ2v) is 4.07. The van der Waals surface area contributed by atoms with E-state index in [4.69, 9.17) is 0 Å². The molecule has 0 aromatic carbocycles. The molecule has 0 amide bonds. The number of rotatable bonds is 4. The van der Waals surface area contributed by atoms with E-state index >= 15 is 0 Å². The van der Waals surface area contributed by atoms with Crippen LogP contribution in [0.2, 0.25) is 0 Å². The van der Waals surface area contributed by atoms with E-state index in [1.54, 1.807) is 6.92 Å². The highest BCUT2D eigenvalue weighted by molar-refractivity contribution is 6.44. The summed E-state index contributed by atoms with van der Waals surface area (Å²) < 4.78 is 4.42. The summed E-state index contributed by atoms with van der Waals surface area (Å²) in [5.41, 5.74) is -0.329. The van der Waals surface area contributed by atoms with Crippen molar-refractivity contribution in [2.45, 2.75) is 26.7 Å². The first-order valence-corrected chi connectivity index (χ1v) is 4.76. The van der Waals surface area contributed by atoms with Gasteiger partial charge in [0.25, 0.3) is 0 Å². The Kier molecular flexibility index (Phi) is 3.07. The zero-order valence-electron chi connectivity index (χ0n) is 9.12. The fourth-order valence-electron chi connectivity index (χ4n) is 1.19. The molecule has 1 aliphatic rings. The molecule has 4 nitrogen and oxygen atoms in total. The second-order valence-electron chi connectivity index (χ2n) is 4.07. The van der Waals surface area contributed by atoms with Gasteiger partial charge in [0.2, 0.25) is 11.6 Å². The van der Waals surface area contributed by atoms with Gasteiger partial charge in [-0.15, -0.1) is 0 Å². The first-order valence-electron chi connectivity index (χ1n) is 4.76. The molecule has 0 aromatic rings. The maximum absolute atomic E-state index is 11.5. The van der Waals surface area contributed by atoms with Crippen LogP contribution in [-0.4, -0.2) is 24.6 Å². The highest BCUT2D eigenvalue weighted by Crippen LogP contribution is 2.46. The molecule has 1 aliphatic carbocycles. The molecule has 82 valence electrons. The van der Waals surface area contributed by atoms with Gasteiger partial charge in [-0.3, -0.25) is 9.59 Å². The summed E-state index contributed by atoms with van der Waals surface area (Å²) in [7, 11) is 1.23. The number of allylic oxidation sites excluding steroid dienone is 1. The van der Waals surface area contributed by atoms with Crippen LogP contribution >= 0.6 is 0 Å². The Balaban J connectivity index is 2.70. The molecule has 1 fully saturated rings. The van der Waals surface area contributed by atoms with Crippen LogP contribution in [0.25, 0.3) is 0 Å². The summed E-state index contributed by atoms with van der Waals surface area (Å²) >= 11 is 0. The number of ether oxygens (including phenoxy) is 1. The van der Waals surface area contributed by atoms with Gasteiger partial charge in [0.05, 0.1) is 7.11 Å². The fraction of sp³-hybridized carbons (Fsp3) is 0.545. The van der Waals surface area contributed by atoms with E-state index in [0.717, 1.165) is 18.9 Å². The lowest BCUT2D eigenvalue weighted by Gasteiger charge is -2.03. The standard InChI is InChI=1S/C11H14O4/c1-7(10(14)15-3)6-8(12)9(13)11(2)4-5-11/h6H,4-5H2,1-3H3/b7-6+. The quantitative estimate of drug-likeness (QED) is 0.395. The van der Waals surface area contributed by atoms with Gasteiger partial charge < -0.3 is 4.74 Å². The molecule has 4 heteroatoms. The Morgan fingerprint density at radius 3 is 2.20 bits per heavy atom. The van der Waals surface area contributed by atoms with Crippen molar-refractivity contribution in [3.05, 3.63) is 11.6 Å². The van der Waals surface area contributed by atoms with Crippen molar-refractivity contribution < 1.29 is 19.1 Å². The number of hydrogen-bond donors (Lipinski definition) is 0. The van der Waals surface area contributed by atoms with Gasteiger partial charge in [0, 0.05) is 11.0 Å². The smallest absolute Gasteiger partial charge is 0.333 e. The third-order valence-electron chi connectivity index (χ3n) is 2.63. The van der Waals surface area contributed by atoms with Crippen LogP contribution in [0, 0.1) is 5.41 Å². The van der Waals surface area contributed by atoms with Crippen LogP contribution < -0.4 is 0 Å². The van der Waals surface area contributed by atoms with Gasteiger partial charge in [-0.2, -0.15) is 0 Å². The lowest BCUT2D eigenvalue weighted by molar-refractivity contribution is -0.137. The topological polar surface area (TPSA) is 60.4 Å². The summed E-state index contributed by atoms with van der Waals surface area (Å²) in [6, 6.07) is 0. The van der Waals surface area contributed by atoms with Crippen molar-refractivity contribution in [3.8, 4) is 0 Å². The molecule has 0 aliphatic heterocycles. The third kappa shape index (κ3) is 2.52. The van der Waals surface area contributed by atoms with E-state index in [-0.39, 0.29) is 5.57 Å². The van der Waals surface area contributed by atoms with Crippen molar-refractivity contribution in [1.82, 2.24) is 0 Å². The van der Waals surface area contributed by atoms with Gasteiger partial charge in [-0.05, 0) is 25.8 Å². The molecule has 0 unspecified atom stereocenters. The molecule has 0 aromatic heterocycles. The molecular formula is C11H14O4. The third-order valence-corrected chi connectivity index (χ3v) is 2.63. The number of Topliss-reactive ketones (excluding diaryl/α,β-unsaturated/α-hetero) is 1. The first kappa shape index (κ1) is 11.6. The summed E-state index contributed by atoms with van der Waals surface area (Å²) in [5.74, 6) is -1.61. The Morgan fingerprint density at radius 2 is 1.80 bits per heavy atom. The van der Waals surface area contributed by atoms with Crippen LogP contribution in [0.1, 0.15) is 26.7 Å². The summed E-state index contributed by atoms with van der Waals surface area (Å²) in [5, 5.41) is 0. The van der Waals surface area contributed by atoms with Crippen LogP contribution in [0.5, 0.6) is 0 Å². The monoisotopic (exact) mass is 210 g/mol. The SMILES string of the molecule is COC(=O)/C(C)=C/C(=O)C(=O)C1(C)CC1. The molecule has 0 atom stereocenters. The van der Waals surface area contributed by atoms with Gasteiger partial charge in [-0.25, -0.2) is 4.79 Å². The number of carbonyl (C=O) groups is 3. The predicted octanol–water partition coefficient (Wildman–Crippen LogP) is 1.04. The normalized spacial score (nSPS) is 18.2. The number of ketones is 2. The van der Waals surface area contributed by atoms with E-state index in [9.17, 15) is 14.4 Å². The minimum absolute atomic E-state index is 0.153. The van der Waals surface area contributed by atoms with Gasteiger partial charge in [0.15, 0.2) is 0 Å².